The summed E-state index contributed by atoms with van der Waals surface area (Å²) in [5.41, 5.74) is 3.67. The van der Waals surface area contributed by atoms with Crippen LogP contribution < -0.4 is 9.47 Å². The van der Waals surface area contributed by atoms with E-state index in [9.17, 15) is 18.3 Å². The molecule has 0 unspecified atom stereocenters. The Kier molecular flexibility index (Phi) is 6.43. The molecule has 4 nitrogen and oxygen atoms in total. The molecule has 5 rings (SSSR count). The van der Waals surface area contributed by atoms with Crippen molar-refractivity contribution in [2.45, 2.75) is 13.0 Å². The van der Waals surface area contributed by atoms with Crippen LogP contribution in [-0.2, 0) is 0 Å². The summed E-state index contributed by atoms with van der Waals surface area (Å²) in [6.45, 7) is 4.42. The molecule has 1 saturated heterocycles. The number of likely N-dealkylation sites (tertiary alicyclic amines) is 1. The van der Waals surface area contributed by atoms with Crippen molar-refractivity contribution < 1.29 is 27.8 Å². The molecule has 2 aliphatic heterocycles. The summed E-state index contributed by atoms with van der Waals surface area (Å²) < 4.78 is 52.5. The lowest BCUT2D eigenvalue weighted by Crippen LogP contribution is -2.49. The number of phenols is 1. The van der Waals surface area contributed by atoms with E-state index in [1.807, 2.05) is 31.2 Å². The van der Waals surface area contributed by atoms with E-state index in [0.717, 1.165) is 48.0 Å². The third-order valence-corrected chi connectivity index (χ3v) is 6.62. The molecule has 2 aliphatic rings. The first-order valence-electron chi connectivity index (χ1n) is 11.6. The third kappa shape index (κ3) is 4.73. The number of aromatic hydroxyl groups is 1. The molecule has 1 atom stereocenters. The molecule has 0 bridgehead atoms. The second kappa shape index (κ2) is 9.66. The molecule has 2 heterocycles. The summed E-state index contributed by atoms with van der Waals surface area (Å²) >= 11 is 0. The molecular weight excluding hydrogens is 455 g/mol. The SMILES string of the molecule is CC1=C(c2ccc(F)c(F)c2)[C@H](c2ccc(OCCN3CC(CF)C3)cc2)Oc2cc(O)ccc21. The molecule has 0 saturated carbocycles. The highest BCUT2D eigenvalue weighted by atomic mass is 19.2. The molecule has 7 heteroatoms. The van der Waals surface area contributed by atoms with Gasteiger partial charge in [-0.1, -0.05) is 18.2 Å². The van der Waals surface area contributed by atoms with Crippen LogP contribution in [0.15, 0.2) is 60.7 Å². The van der Waals surface area contributed by atoms with Crippen molar-refractivity contribution >= 4 is 11.1 Å². The predicted octanol–water partition coefficient (Wildman–Crippen LogP) is 6.01. The van der Waals surface area contributed by atoms with Crippen LogP contribution in [0.25, 0.3) is 11.1 Å². The smallest absolute Gasteiger partial charge is 0.159 e. The van der Waals surface area contributed by atoms with Crippen LogP contribution in [-0.4, -0.2) is 42.9 Å². The van der Waals surface area contributed by atoms with Gasteiger partial charge in [-0.3, -0.25) is 9.29 Å². The highest BCUT2D eigenvalue weighted by molar-refractivity contribution is 5.95. The van der Waals surface area contributed by atoms with Gasteiger partial charge in [0.05, 0.1) is 6.67 Å². The lowest BCUT2D eigenvalue weighted by molar-refractivity contribution is 0.0668. The van der Waals surface area contributed by atoms with Gasteiger partial charge < -0.3 is 14.6 Å². The number of fused-ring (bicyclic) bond motifs is 1. The number of halogens is 3. The molecule has 0 spiro atoms. The van der Waals surface area contributed by atoms with Crippen LogP contribution in [0.3, 0.4) is 0 Å². The van der Waals surface area contributed by atoms with Crippen molar-refractivity contribution in [3.63, 3.8) is 0 Å². The second-order valence-corrected chi connectivity index (χ2v) is 9.04. The Bertz CT molecular complexity index is 1250. The zero-order chi connectivity index (χ0) is 24.5. The molecule has 35 heavy (non-hydrogen) atoms. The number of nitrogens with zero attached hydrogens (tertiary/aromatic N) is 1. The van der Waals surface area contributed by atoms with Crippen LogP contribution in [0.1, 0.15) is 29.7 Å². The fraction of sp³-hybridized carbons (Fsp3) is 0.286. The molecule has 3 aromatic carbocycles. The molecule has 0 amide bonds. The highest BCUT2D eigenvalue weighted by Crippen LogP contribution is 2.47. The zero-order valence-electron chi connectivity index (χ0n) is 19.3. The van der Waals surface area contributed by atoms with E-state index in [1.165, 1.54) is 6.07 Å². The number of phenolic OH excluding ortho intramolecular Hbond substituents is 1. The van der Waals surface area contributed by atoms with Crippen LogP contribution in [0, 0.1) is 17.6 Å². The maximum Gasteiger partial charge on any atom is 0.159 e. The van der Waals surface area contributed by atoms with E-state index in [4.69, 9.17) is 9.47 Å². The second-order valence-electron chi connectivity index (χ2n) is 9.04. The number of allylic oxidation sites excluding steroid dienone is 1. The first-order chi connectivity index (χ1) is 16.9. The van der Waals surface area contributed by atoms with E-state index >= 15 is 0 Å². The van der Waals surface area contributed by atoms with E-state index in [2.05, 4.69) is 4.90 Å². The van der Waals surface area contributed by atoms with Crippen LogP contribution in [0.5, 0.6) is 17.2 Å². The van der Waals surface area contributed by atoms with Crippen molar-refractivity contribution in [3.05, 3.63) is 89.0 Å². The van der Waals surface area contributed by atoms with Gasteiger partial charge in [-0.2, -0.15) is 0 Å². The van der Waals surface area contributed by atoms with Gasteiger partial charge in [0.15, 0.2) is 11.6 Å². The van der Waals surface area contributed by atoms with Crippen molar-refractivity contribution in [2.24, 2.45) is 5.92 Å². The van der Waals surface area contributed by atoms with Gasteiger partial charge in [0.2, 0.25) is 0 Å². The number of hydrogen-bond acceptors (Lipinski definition) is 4. The Labute approximate surface area is 202 Å². The minimum atomic E-state index is -0.929. The molecule has 182 valence electrons. The normalized spacial score (nSPS) is 18.1. The average Bonchev–Trinajstić information content (AvgIpc) is 2.82. The summed E-state index contributed by atoms with van der Waals surface area (Å²) in [6, 6.07) is 16.1. The Morgan fingerprint density at radius 3 is 2.49 bits per heavy atom. The number of hydrogen-bond donors (Lipinski definition) is 1. The molecule has 1 fully saturated rings. The molecule has 1 N–H and O–H groups in total. The van der Waals surface area contributed by atoms with Crippen LogP contribution >= 0.6 is 0 Å². The maximum absolute atomic E-state index is 14.1. The van der Waals surface area contributed by atoms with E-state index < -0.39 is 17.7 Å². The van der Waals surface area contributed by atoms with E-state index in [0.29, 0.717) is 23.7 Å². The lowest BCUT2D eigenvalue weighted by atomic mass is 9.86. The van der Waals surface area contributed by atoms with Crippen molar-refractivity contribution in [1.29, 1.82) is 0 Å². The Hall–Kier alpha value is -3.45. The van der Waals surface area contributed by atoms with Gasteiger partial charge in [-0.25, -0.2) is 8.78 Å². The molecule has 3 aromatic rings. The van der Waals surface area contributed by atoms with Gasteiger partial charge >= 0.3 is 0 Å². The number of ether oxygens (including phenoxy) is 2. The quantitative estimate of drug-likeness (QED) is 0.449. The number of rotatable bonds is 7. The molecule has 0 radical (unpaired) electrons. The first-order valence-corrected chi connectivity index (χ1v) is 11.6. The van der Waals surface area contributed by atoms with E-state index in [-0.39, 0.29) is 18.3 Å². The Morgan fingerprint density at radius 2 is 1.77 bits per heavy atom. The van der Waals surface area contributed by atoms with Gasteiger partial charge in [0.1, 0.15) is 30.0 Å². The minimum absolute atomic E-state index is 0.0790. The summed E-state index contributed by atoms with van der Waals surface area (Å²) in [5.74, 6) is -0.402. The number of benzene rings is 3. The molecular formula is C28H26F3NO3. The molecule has 0 aromatic heterocycles. The molecule has 0 aliphatic carbocycles. The zero-order valence-corrected chi connectivity index (χ0v) is 19.3. The van der Waals surface area contributed by atoms with Gasteiger partial charge in [-0.05, 0) is 60.0 Å². The topological polar surface area (TPSA) is 41.9 Å². The van der Waals surface area contributed by atoms with Gasteiger partial charge in [-0.15, -0.1) is 0 Å². The highest BCUT2D eigenvalue weighted by Gasteiger charge is 2.30. The summed E-state index contributed by atoms with van der Waals surface area (Å²) in [7, 11) is 0. The fourth-order valence-electron chi connectivity index (χ4n) is 4.70. The third-order valence-electron chi connectivity index (χ3n) is 6.62. The monoisotopic (exact) mass is 481 g/mol. The fourth-order valence-corrected chi connectivity index (χ4v) is 4.70. The van der Waals surface area contributed by atoms with Crippen LogP contribution in [0.4, 0.5) is 13.2 Å². The first kappa shape index (κ1) is 23.3. The summed E-state index contributed by atoms with van der Waals surface area (Å²) in [5, 5.41) is 9.96. The van der Waals surface area contributed by atoms with Crippen molar-refractivity contribution in [2.75, 3.05) is 32.9 Å². The van der Waals surface area contributed by atoms with E-state index in [1.54, 1.807) is 24.3 Å². The standard InChI is InChI=1S/C28H26F3NO3/c1-17-23-8-5-21(33)13-26(23)35-28(27(17)20-4-9-24(30)25(31)12-20)19-2-6-22(7-3-19)34-11-10-32-15-18(14-29)16-32/h2-9,12-13,18,28,33H,10-11,14-16H2,1H3/t28-/m0/s1. The number of alkyl halides is 1. The predicted molar refractivity (Wildman–Crippen MR) is 128 cm³/mol. The van der Waals surface area contributed by atoms with Crippen molar-refractivity contribution in [1.82, 2.24) is 4.90 Å². The van der Waals surface area contributed by atoms with Gasteiger partial charge in [0.25, 0.3) is 0 Å². The largest absolute Gasteiger partial charge is 0.508 e. The summed E-state index contributed by atoms with van der Waals surface area (Å²) in [4.78, 5) is 2.16. The lowest BCUT2D eigenvalue weighted by Gasteiger charge is -2.37. The maximum atomic E-state index is 14.1. The Balaban J connectivity index is 1.40. The minimum Gasteiger partial charge on any atom is -0.508 e. The average molecular weight is 482 g/mol. The summed E-state index contributed by atoms with van der Waals surface area (Å²) in [6.07, 6.45) is -0.595. The van der Waals surface area contributed by atoms with Crippen molar-refractivity contribution in [3.8, 4) is 17.2 Å². The van der Waals surface area contributed by atoms with Gasteiger partial charge in [0, 0.05) is 42.8 Å². The van der Waals surface area contributed by atoms with Crippen LogP contribution in [0.2, 0.25) is 0 Å². The Morgan fingerprint density at radius 1 is 1.00 bits per heavy atom.